The Kier molecular flexibility index (Phi) is 5.83. The molecule has 1 saturated carbocycles. The number of carbonyl (C=O) groups excluding carboxylic acids is 2. The summed E-state index contributed by atoms with van der Waals surface area (Å²) in [5.74, 6) is -0.260. The Bertz CT molecular complexity index is 344. The molecular formula is C15H22O3. The molecule has 0 aromatic rings. The summed E-state index contributed by atoms with van der Waals surface area (Å²) >= 11 is 0. The average Bonchev–Trinajstić information content (AvgIpc) is 2.73. The quantitative estimate of drug-likeness (QED) is 0.515. The van der Waals surface area contributed by atoms with Crippen molar-refractivity contribution >= 4 is 11.8 Å². The van der Waals surface area contributed by atoms with Gasteiger partial charge in [-0.15, -0.1) is 0 Å². The van der Waals surface area contributed by atoms with Gasteiger partial charge >= 0.3 is 5.97 Å². The SMILES string of the molecule is C=CCOC(=O)C(C(=C)CCC)C1CCC(=O)C1. The molecule has 0 N–H and O–H groups in total. The molecule has 2 unspecified atom stereocenters. The van der Waals surface area contributed by atoms with Crippen LogP contribution in [0.1, 0.15) is 39.0 Å². The highest BCUT2D eigenvalue weighted by Crippen LogP contribution is 2.35. The summed E-state index contributed by atoms with van der Waals surface area (Å²) in [6, 6.07) is 0. The molecule has 1 aliphatic carbocycles. The third kappa shape index (κ3) is 3.83. The van der Waals surface area contributed by atoms with Gasteiger partial charge in [0.05, 0.1) is 5.92 Å². The number of esters is 1. The number of hydrogen-bond donors (Lipinski definition) is 0. The Morgan fingerprint density at radius 2 is 2.33 bits per heavy atom. The topological polar surface area (TPSA) is 43.4 Å². The van der Waals surface area contributed by atoms with E-state index in [1.54, 1.807) is 6.08 Å². The van der Waals surface area contributed by atoms with Crippen molar-refractivity contribution in [1.82, 2.24) is 0 Å². The minimum atomic E-state index is -0.323. The standard InChI is InChI=1S/C15H22O3/c1-4-6-11(3)14(15(17)18-9-5-2)12-7-8-13(16)10-12/h5,12,14H,2-4,6-10H2,1H3. The van der Waals surface area contributed by atoms with Crippen LogP contribution in [0.15, 0.2) is 24.8 Å². The van der Waals surface area contributed by atoms with E-state index in [0.717, 1.165) is 24.8 Å². The van der Waals surface area contributed by atoms with E-state index < -0.39 is 0 Å². The molecule has 0 amide bonds. The lowest BCUT2D eigenvalue weighted by Crippen LogP contribution is -2.26. The van der Waals surface area contributed by atoms with Gasteiger partial charge in [-0.2, -0.15) is 0 Å². The van der Waals surface area contributed by atoms with Gasteiger partial charge in [0.15, 0.2) is 0 Å². The van der Waals surface area contributed by atoms with Crippen LogP contribution >= 0.6 is 0 Å². The van der Waals surface area contributed by atoms with Crippen LogP contribution in [0.2, 0.25) is 0 Å². The van der Waals surface area contributed by atoms with Crippen molar-refractivity contribution in [2.75, 3.05) is 6.61 Å². The molecule has 3 nitrogen and oxygen atoms in total. The van der Waals surface area contributed by atoms with E-state index in [-0.39, 0.29) is 30.2 Å². The normalized spacial score (nSPS) is 20.5. The maximum absolute atomic E-state index is 12.1. The molecule has 3 heteroatoms. The maximum Gasteiger partial charge on any atom is 0.313 e. The predicted octanol–water partition coefficient (Wildman–Crippen LogP) is 3.06. The van der Waals surface area contributed by atoms with Crippen molar-refractivity contribution < 1.29 is 14.3 Å². The first-order chi connectivity index (χ1) is 8.60. The maximum atomic E-state index is 12.1. The highest BCUT2D eigenvalue weighted by Gasteiger charge is 2.36. The summed E-state index contributed by atoms with van der Waals surface area (Å²) in [5.41, 5.74) is 0.895. The zero-order chi connectivity index (χ0) is 13.5. The summed E-state index contributed by atoms with van der Waals surface area (Å²) in [6.45, 7) is 9.80. The van der Waals surface area contributed by atoms with Gasteiger partial charge in [0.2, 0.25) is 0 Å². The van der Waals surface area contributed by atoms with E-state index in [9.17, 15) is 9.59 Å². The van der Waals surface area contributed by atoms with Crippen molar-refractivity contribution in [1.29, 1.82) is 0 Å². The van der Waals surface area contributed by atoms with Gasteiger partial charge in [-0.05, 0) is 18.8 Å². The van der Waals surface area contributed by atoms with E-state index in [2.05, 4.69) is 20.1 Å². The van der Waals surface area contributed by atoms with Crippen molar-refractivity contribution in [2.45, 2.75) is 39.0 Å². The number of ketones is 1. The van der Waals surface area contributed by atoms with E-state index in [0.29, 0.717) is 12.8 Å². The summed E-state index contributed by atoms with van der Waals surface area (Å²) in [4.78, 5) is 23.4. The average molecular weight is 250 g/mol. The Morgan fingerprint density at radius 1 is 1.61 bits per heavy atom. The highest BCUT2D eigenvalue weighted by atomic mass is 16.5. The Labute approximate surface area is 109 Å². The van der Waals surface area contributed by atoms with E-state index >= 15 is 0 Å². The molecule has 0 spiro atoms. The van der Waals surface area contributed by atoms with Crippen LogP contribution in [-0.4, -0.2) is 18.4 Å². The molecule has 2 atom stereocenters. The summed E-state index contributed by atoms with van der Waals surface area (Å²) in [5, 5.41) is 0. The minimum absolute atomic E-state index is 0.0777. The van der Waals surface area contributed by atoms with Gasteiger partial charge in [0.25, 0.3) is 0 Å². The predicted molar refractivity (Wildman–Crippen MR) is 71.0 cm³/mol. The first-order valence-electron chi connectivity index (χ1n) is 6.57. The van der Waals surface area contributed by atoms with Gasteiger partial charge in [-0.1, -0.05) is 38.2 Å². The number of Topliss-reactive ketones (excluding diaryl/α,β-unsaturated/α-hetero) is 1. The van der Waals surface area contributed by atoms with Crippen LogP contribution in [0.4, 0.5) is 0 Å². The van der Waals surface area contributed by atoms with Crippen molar-refractivity contribution in [2.24, 2.45) is 11.8 Å². The van der Waals surface area contributed by atoms with Gasteiger partial charge in [0.1, 0.15) is 12.4 Å². The lowest BCUT2D eigenvalue weighted by atomic mass is 9.83. The fourth-order valence-corrected chi connectivity index (χ4v) is 2.53. The fourth-order valence-electron chi connectivity index (χ4n) is 2.53. The minimum Gasteiger partial charge on any atom is -0.461 e. The van der Waals surface area contributed by atoms with Crippen LogP contribution in [0.3, 0.4) is 0 Å². The molecule has 1 aliphatic rings. The third-order valence-corrected chi connectivity index (χ3v) is 3.36. The first-order valence-corrected chi connectivity index (χ1v) is 6.57. The molecule has 18 heavy (non-hydrogen) atoms. The molecular weight excluding hydrogens is 228 g/mol. The summed E-state index contributed by atoms with van der Waals surface area (Å²) < 4.78 is 5.14. The summed E-state index contributed by atoms with van der Waals surface area (Å²) in [6.07, 6.45) is 5.14. The zero-order valence-corrected chi connectivity index (χ0v) is 11.1. The van der Waals surface area contributed by atoms with E-state index in [4.69, 9.17) is 4.74 Å². The summed E-state index contributed by atoms with van der Waals surface area (Å²) in [7, 11) is 0. The van der Waals surface area contributed by atoms with Gasteiger partial charge < -0.3 is 4.74 Å². The van der Waals surface area contributed by atoms with Crippen LogP contribution in [-0.2, 0) is 14.3 Å². The molecule has 0 bridgehead atoms. The Hall–Kier alpha value is -1.38. The van der Waals surface area contributed by atoms with E-state index in [1.165, 1.54) is 0 Å². The Balaban J connectivity index is 2.73. The molecule has 1 fully saturated rings. The van der Waals surface area contributed by atoms with Crippen LogP contribution < -0.4 is 0 Å². The second kappa shape index (κ2) is 7.14. The van der Waals surface area contributed by atoms with Gasteiger partial charge in [-0.3, -0.25) is 9.59 Å². The van der Waals surface area contributed by atoms with Crippen molar-refractivity contribution in [3.8, 4) is 0 Å². The third-order valence-electron chi connectivity index (χ3n) is 3.36. The number of ether oxygens (including phenoxy) is 1. The van der Waals surface area contributed by atoms with E-state index in [1.807, 2.05) is 0 Å². The lowest BCUT2D eigenvalue weighted by Gasteiger charge is -2.23. The first kappa shape index (κ1) is 14.7. The molecule has 0 aromatic carbocycles. The number of hydrogen-bond acceptors (Lipinski definition) is 3. The highest BCUT2D eigenvalue weighted by molar-refractivity contribution is 5.83. The zero-order valence-electron chi connectivity index (χ0n) is 11.1. The molecule has 0 aromatic heterocycles. The largest absolute Gasteiger partial charge is 0.461 e. The van der Waals surface area contributed by atoms with Crippen LogP contribution in [0.5, 0.6) is 0 Å². The number of rotatable bonds is 7. The molecule has 0 radical (unpaired) electrons. The monoisotopic (exact) mass is 250 g/mol. The number of carbonyl (C=O) groups is 2. The smallest absolute Gasteiger partial charge is 0.313 e. The second-order valence-corrected chi connectivity index (χ2v) is 4.85. The fraction of sp³-hybridized carbons (Fsp3) is 0.600. The van der Waals surface area contributed by atoms with Crippen LogP contribution in [0.25, 0.3) is 0 Å². The molecule has 0 heterocycles. The molecule has 0 aliphatic heterocycles. The van der Waals surface area contributed by atoms with Gasteiger partial charge in [-0.25, -0.2) is 0 Å². The molecule has 0 saturated heterocycles. The Morgan fingerprint density at radius 3 is 2.83 bits per heavy atom. The van der Waals surface area contributed by atoms with Crippen LogP contribution in [0, 0.1) is 11.8 Å². The molecule has 1 rings (SSSR count). The lowest BCUT2D eigenvalue weighted by molar-refractivity contribution is -0.147. The van der Waals surface area contributed by atoms with Gasteiger partial charge in [0, 0.05) is 12.8 Å². The van der Waals surface area contributed by atoms with Crippen molar-refractivity contribution in [3.05, 3.63) is 24.8 Å². The molecule has 100 valence electrons. The van der Waals surface area contributed by atoms with Crippen molar-refractivity contribution in [3.63, 3.8) is 0 Å². The second-order valence-electron chi connectivity index (χ2n) is 4.85.